The third-order valence-corrected chi connectivity index (χ3v) is 3.44. The van der Waals surface area contributed by atoms with Gasteiger partial charge in [-0.05, 0) is 48.5 Å². The standard InChI is InChI=1S/C17H13F3N2O/c1-23-13-6-7-15-14(10-13)16(8-9-21-15)22-12-4-2-11(3-5-12)17(18,19)20/h2-10H,1H3,(H,21,22). The van der Waals surface area contributed by atoms with Crippen molar-refractivity contribution in [2.45, 2.75) is 6.18 Å². The molecule has 118 valence electrons. The molecule has 2 aromatic carbocycles. The lowest BCUT2D eigenvalue weighted by Crippen LogP contribution is -2.04. The molecule has 1 heterocycles. The third-order valence-electron chi connectivity index (χ3n) is 3.44. The quantitative estimate of drug-likeness (QED) is 0.737. The molecular weight excluding hydrogens is 305 g/mol. The van der Waals surface area contributed by atoms with Crippen molar-refractivity contribution in [2.75, 3.05) is 12.4 Å². The van der Waals surface area contributed by atoms with Crippen molar-refractivity contribution in [2.24, 2.45) is 0 Å². The number of aromatic nitrogens is 1. The van der Waals surface area contributed by atoms with Crippen LogP contribution in [-0.4, -0.2) is 12.1 Å². The van der Waals surface area contributed by atoms with Crippen molar-refractivity contribution >= 4 is 22.3 Å². The topological polar surface area (TPSA) is 34.1 Å². The minimum atomic E-state index is -4.34. The van der Waals surface area contributed by atoms with Gasteiger partial charge in [0, 0.05) is 23.0 Å². The zero-order valence-electron chi connectivity index (χ0n) is 12.2. The van der Waals surface area contributed by atoms with E-state index in [0.717, 1.165) is 28.7 Å². The molecule has 0 fully saturated rings. The number of halogens is 3. The van der Waals surface area contributed by atoms with Crippen LogP contribution < -0.4 is 10.1 Å². The summed E-state index contributed by atoms with van der Waals surface area (Å²) in [5.74, 6) is 0.681. The molecule has 6 heteroatoms. The summed E-state index contributed by atoms with van der Waals surface area (Å²) in [4.78, 5) is 4.26. The van der Waals surface area contributed by atoms with Gasteiger partial charge >= 0.3 is 6.18 Å². The fourth-order valence-corrected chi connectivity index (χ4v) is 2.26. The predicted molar refractivity (Wildman–Crippen MR) is 83.0 cm³/mol. The van der Waals surface area contributed by atoms with Crippen LogP contribution in [0.3, 0.4) is 0 Å². The monoisotopic (exact) mass is 318 g/mol. The molecule has 3 rings (SSSR count). The van der Waals surface area contributed by atoms with Gasteiger partial charge in [-0.2, -0.15) is 13.2 Å². The summed E-state index contributed by atoms with van der Waals surface area (Å²) in [6.45, 7) is 0. The Morgan fingerprint density at radius 1 is 1.00 bits per heavy atom. The fourth-order valence-electron chi connectivity index (χ4n) is 2.26. The van der Waals surface area contributed by atoms with Crippen molar-refractivity contribution in [3.05, 3.63) is 60.3 Å². The molecule has 0 amide bonds. The van der Waals surface area contributed by atoms with Crippen LogP contribution in [0.4, 0.5) is 24.5 Å². The molecule has 0 atom stereocenters. The summed E-state index contributed by atoms with van der Waals surface area (Å²) in [5, 5.41) is 3.94. The van der Waals surface area contributed by atoms with Crippen molar-refractivity contribution < 1.29 is 17.9 Å². The molecule has 3 nitrogen and oxygen atoms in total. The maximum absolute atomic E-state index is 12.6. The average molecular weight is 318 g/mol. The number of methoxy groups -OCH3 is 1. The highest BCUT2D eigenvalue weighted by Crippen LogP contribution is 2.32. The molecule has 0 aliphatic rings. The van der Waals surface area contributed by atoms with Crippen molar-refractivity contribution in [1.82, 2.24) is 4.98 Å². The second-order valence-electron chi connectivity index (χ2n) is 4.94. The molecule has 0 bridgehead atoms. The van der Waals surface area contributed by atoms with Gasteiger partial charge < -0.3 is 10.1 Å². The van der Waals surface area contributed by atoms with Gasteiger partial charge in [0.25, 0.3) is 0 Å². The number of nitrogens with one attached hydrogen (secondary N) is 1. The van der Waals surface area contributed by atoms with Crippen molar-refractivity contribution in [1.29, 1.82) is 0 Å². The predicted octanol–water partition coefficient (Wildman–Crippen LogP) is 5.01. The Labute approximate surface area is 130 Å². The molecule has 0 aliphatic carbocycles. The van der Waals surface area contributed by atoms with Crippen LogP contribution in [-0.2, 0) is 6.18 Å². The van der Waals surface area contributed by atoms with Crippen molar-refractivity contribution in [3.8, 4) is 5.75 Å². The SMILES string of the molecule is COc1ccc2nccc(Nc3ccc(C(F)(F)F)cc3)c2c1. The van der Waals surface area contributed by atoms with Gasteiger partial charge in [-0.15, -0.1) is 0 Å². The third kappa shape index (κ3) is 3.21. The normalized spacial score (nSPS) is 11.5. The first-order valence-corrected chi connectivity index (χ1v) is 6.84. The highest BCUT2D eigenvalue weighted by molar-refractivity contribution is 5.93. The van der Waals surface area contributed by atoms with Crippen LogP contribution in [0.1, 0.15) is 5.56 Å². The lowest BCUT2D eigenvalue weighted by molar-refractivity contribution is -0.137. The highest BCUT2D eigenvalue weighted by Gasteiger charge is 2.29. The fraction of sp³-hybridized carbons (Fsp3) is 0.118. The number of hydrogen-bond donors (Lipinski definition) is 1. The minimum absolute atomic E-state index is 0.563. The highest BCUT2D eigenvalue weighted by atomic mass is 19.4. The summed E-state index contributed by atoms with van der Waals surface area (Å²) in [7, 11) is 1.57. The molecule has 0 saturated heterocycles. The first kappa shape index (κ1) is 15.1. The van der Waals surface area contributed by atoms with Gasteiger partial charge in [-0.3, -0.25) is 4.98 Å². The second kappa shape index (κ2) is 5.79. The van der Waals surface area contributed by atoms with E-state index in [9.17, 15) is 13.2 Å². The van der Waals surface area contributed by atoms with E-state index in [1.54, 1.807) is 25.4 Å². The van der Waals surface area contributed by atoms with Gasteiger partial charge in [0.2, 0.25) is 0 Å². The van der Waals surface area contributed by atoms with Gasteiger partial charge in [0.15, 0.2) is 0 Å². The van der Waals surface area contributed by atoms with Crippen LogP contribution in [0.5, 0.6) is 5.75 Å². The molecular formula is C17H13F3N2O. The van der Waals surface area contributed by atoms with E-state index in [-0.39, 0.29) is 0 Å². The maximum atomic E-state index is 12.6. The first-order chi connectivity index (χ1) is 11.0. The van der Waals surface area contributed by atoms with E-state index in [2.05, 4.69) is 10.3 Å². The van der Waals surface area contributed by atoms with Crippen molar-refractivity contribution in [3.63, 3.8) is 0 Å². The molecule has 23 heavy (non-hydrogen) atoms. The van der Waals surface area contributed by atoms with Crippen LogP contribution in [0, 0.1) is 0 Å². The molecule has 0 saturated carbocycles. The van der Waals surface area contributed by atoms with E-state index in [4.69, 9.17) is 4.74 Å². The smallest absolute Gasteiger partial charge is 0.416 e. The number of fused-ring (bicyclic) bond motifs is 1. The number of anilines is 2. The molecule has 1 N–H and O–H groups in total. The van der Waals surface area contributed by atoms with Gasteiger partial charge in [-0.1, -0.05) is 0 Å². The zero-order valence-corrected chi connectivity index (χ0v) is 12.2. The lowest BCUT2D eigenvalue weighted by atomic mass is 10.1. The first-order valence-electron chi connectivity index (χ1n) is 6.84. The summed E-state index contributed by atoms with van der Waals surface area (Å²) in [6.07, 6.45) is -2.70. The van der Waals surface area contributed by atoms with Crippen LogP contribution in [0.15, 0.2) is 54.7 Å². The van der Waals surface area contributed by atoms with Crippen LogP contribution in [0.25, 0.3) is 10.9 Å². The van der Waals surface area contributed by atoms with Gasteiger partial charge in [0.05, 0.1) is 18.2 Å². The van der Waals surface area contributed by atoms with E-state index in [1.807, 2.05) is 12.1 Å². The average Bonchev–Trinajstić information content (AvgIpc) is 2.54. The zero-order chi connectivity index (χ0) is 16.4. The van der Waals surface area contributed by atoms with Crippen LogP contribution >= 0.6 is 0 Å². The lowest BCUT2D eigenvalue weighted by Gasteiger charge is -2.12. The second-order valence-corrected chi connectivity index (χ2v) is 4.94. The van der Waals surface area contributed by atoms with E-state index in [1.165, 1.54) is 12.1 Å². The minimum Gasteiger partial charge on any atom is -0.497 e. The molecule has 0 aliphatic heterocycles. The van der Waals surface area contributed by atoms with Crippen LogP contribution in [0.2, 0.25) is 0 Å². The van der Waals surface area contributed by atoms with E-state index < -0.39 is 11.7 Å². The van der Waals surface area contributed by atoms with Gasteiger partial charge in [0.1, 0.15) is 5.75 Å². The molecule has 0 spiro atoms. The molecule has 3 aromatic rings. The number of nitrogens with zero attached hydrogens (tertiary/aromatic N) is 1. The number of pyridine rings is 1. The molecule has 0 radical (unpaired) electrons. The summed E-state index contributed by atoms with van der Waals surface area (Å²) >= 11 is 0. The Balaban J connectivity index is 1.95. The van der Waals surface area contributed by atoms with E-state index >= 15 is 0 Å². The molecule has 0 unspecified atom stereocenters. The number of hydrogen-bond acceptors (Lipinski definition) is 3. The Morgan fingerprint density at radius 2 is 1.74 bits per heavy atom. The van der Waals surface area contributed by atoms with E-state index in [0.29, 0.717) is 11.4 Å². The largest absolute Gasteiger partial charge is 0.497 e. The Hall–Kier alpha value is -2.76. The number of benzene rings is 2. The number of rotatable bonds is 3. The Bertz CT molecular complexity index is 829. The number of alkyl halides is 3. The Morgan fingerprint density at radius 3 is 2.39 bits per heavy atom. The Kier molecular flexibility index (Phi) is 3.82. The summed E-state index contributed by atoms with van der Waals surface area (Å²) < 4.78 is 43.0. The summed E-state index contributed by atoms with van der Waals surface area (Å²) in [6, 6.07) is 12.1. The number of ether oxygens (including phenoxy) is 1. The molecule has 1 aromatic heterocycles. The summed E-state index contributed by atoms with van der Waals surface area (Å²) in [5.41, 5.74) is 1.40. The van der Waals surface area contributed by atoms with Gasteiger partial charge in [-0.25, -0.2) is 0 Å². The maximum Gasteiger partial charge on any atom is 0.416 e.